The molecule has 0 aliphatic carbocycles. The number of ether oxygens (including phenoxy) is 1. The number of hydrogen-bond acceptors (Lipinski definition) is 3. The zero-order valence-corrected chi connectivity index (χ0v) is 15.5. The maximum absolute atomic E-state index is 12.2. The number of esters is 1. The number of carbonyl (C=O) groups excluding carboxylic acids is 2. The van der Waals surface area contributed by atoms with Gasteiger partial charge in [-0.05, 0) is 49.9 Å². The largest absolute Gasteiger partial charge is 0.452 e. The topological polar surface area (TPSA) is 55.4 Å². The van der Waals surface area contributed by atoms with Crippen LogP contribution in [0, 0.1) is 20.8 Å². The normalized spacial score (nSPS) is 10.6. The Morgan fingerprint density at radius 1 is 1.04 bits per heavy atom. The third-order valence-corrected chi connectivity index (χ3v) is 3.98. The summed E-state index contributed by atoms with van der Waals surface area (Å²) in [5, 5.41) is 2.87. The van der Waals surface area contributed by atoms with Crippen LogP contribution in [0.1, 0.15) is 52.4 Å². The smallest absolute Gasteiger partial charge is 0.338 e. The molecule has 0 bridgehead atoms. The first kappa shape index (κ1) is 18.7. The lowest BCUT2D eigenvalue weighted by molar-refractivity contribution is -0.119. The molecular weight excluding hydrogens is 314 g/mol. The van der Waals surface area contributed by atoms with Crippen LogP contribution < -0.4 is 5.32 Å². The van der Waals surface area contributed by atoms with E-state index in [4.69, 9.17) is 4.74 Å². The fourth-order valence-electron chi connectivity index (χ4n) is 2.82. The molecule has 0 aliphatic rings. The number of rotatable bonds is 5. The fraction of sp³-hybridized carbons (Fsp3) is 0.333. The van der Waals surface area contributed by atoms with Crippen LogP contribution in [-0.2, 0) is 9.53 Å². The molecule has 0 unspecified atom stereocenters. The molecule has 0 spiro atoms. The van der Waals surface area contributed by atoms with E-state index < -0.39 is 5.97 Å². The van der Waals surface area contributed by atoms with Gasteiger partial charge >= 0.3 is 5.97 Å². The number of nitrogens with one attached hydrogen (secondary N) is 1. The highest BCUT2D eigenvalue weighted by atomic mass is 16.5. The van der Waals surface area contributed by atoms with Crippen LogP contribution >= 0.6 is 0 Å². The predicted molar refractivity (Wildman–Crippen MR) is 100 cm³/mol. The quantitative estimate of drug-likeness (QED) is 0.814. The van der Waals surface area contributed by atoms with Crippen LogP contribution in [0.3, 0.4) is 0 Å². The Morgan fingerprint density at radius 3 is 2.28 bits per heavy atom. The van der Waals surface area contributed by atoms with E-state index in [0.29, 0.717) is 5.56 Å². The lowest BCUT2D eigenvalue weighted by Crippen LogP contribution is -2.22. The second-order valence-corrected chi connectivity index (χ2v) is 6.69. The first-order valence-electron chi connectivity index (χ1n) is 8.42. The van der Waals surface area contributed by atoms with Crippen molar-refractivity contribution in [2.45, 2.75) is 40.5 Å². The maximum atomic E-state index is 12.2. The Bertz CT molecular complexity index is 773. The van der Waals surface area contributed by atoms with Crippen molar-refractivity contribution in [3.63, 3.8) is 0 Å². The van der Waals surface area contributed by atoms with Gasteiger partial charge in [-0.3, -0.25) is 4.79 Å². The Hall–Kier alpha value is -2.62. The van der Waals surface area contributed by atoms with E-state index in [1.165, 1.54) is 0 Å². The molecule has 0 heterocycles. The van der Waals surface area contributed by atoms with E-state index in [2.05, 4.69) is 19.2 Å². The third-order valence-electron chi connectivity index (χ3n) is 3.98. The predicted octanol–water partition coefficient (Wildman–Crippen LogP) is 4.53. The van der Waals surface area contributed by atoms with Gasteiger partial charge in [-0.15, -0.1) is 0 Å². The Labute approximate surface area is 149 Å². The van der Waals surface area contributed by atoms with Gasteiger partial charge in [0.1, 0.15) is 0 Å². The van der Waals surface area contributed by atoms with Crippen LogP contribution in [-0.4, -0.2) is 18.5 Å². The molecule has 0 atom stereocenters. The highest BCUT2D eigenvalue weighted by molar-refractivity contribution is 5.96. The summed E-state index contributed by atoms with van der Waals surface area (Å²) in [4.78, 5) is 24.4. The summed E-state index contributed by atoms with van der Waals surface area (Å²) in [7, 11) is 0. The Kier molecular flexibility index (Phi) is 5.97. The summed E-state index contributed by atoms with van der Waals surface area (Å²) in [5.41, 5.74) is 5.28. The summed E-state index contributed by atoms with van der Waals surface area (Å²) < 4.78 is 5.16. The minimum atomic E-state index is -0.490. The van der Waals surface area contributed by atoms with E-state index in [1.54, 1.807) is 12.1 Å². The summed E-state index contributed by atoms with van der Waals surface area (Å²) in [6.07, 6.45) is 0. The molecule has 1 N–H and O–H groups in total. The molecule has 4 heteroatoms. The van der Waals surface area contributed by atoms with E-state index in [0.717, 1.165) is 27.9 Å². The molecule has 0 saturated heterocycles. The number of benzene rings is 2. The molecule has 132 valence electrons. The number of hydrogen-bond donors (Lipinski definition) is 1. The third kappa shape index (κ3) is 4.92. The van der Waals surface area contributed by atoms with Gasteiger partial charge in [-0.25, -0.2) is 4.79 Å². The van der Waals surface area contributed by atoms with Crippen molar-refractivity contribution < 1.29 is 14.3 Å². The van der Waals surface area contributed by atoms with Crippen molar-refractivity contribution in [3.8, 4) is 0 Å². The number of aryl methyl sites for hydroxylation is 3. The average molecular weight is 339 g/mol. The van der Waals surface area contributed by atoms with Crippen molar-refractivity contribution in [1.82, 2.24) is 0 Å². The molecule has 0 radical (unpaired) electrons. The standard InChI is InChI=1S/C21H25NO3/c1-13(2)18-8-6-7-16(5)20(18)22-19(23)12-25-21(24)17-10-14(3)9-15(4)11-17/h6-11,13H,12H2,1-5H3,(H,22,23). The lowest BCUT2D eigenvalue weighted by atomic mass is 9.98. The minimum Gasteiger partial charge on any atom is -0.452 e. The number of amides is 1. The molecule has 2 rings (SSSR count). The zero-order valence-electron chi connectivity index (χ0n) is 15.5. The Morgan fingerprint density at radius 2 is 1.68 bits per heavy atom. The SMILES string of the molecule is Cc1cc(C)cc(C(=O)OCC(=O)Nc2c(C)cccc2C(C)C)c1. The van der Waals surface area contributed by atoms with Crippen LogP contribution in [0.25, 0.3) is 0 Å². The van der Waals surface area contributed by atoms with Crippen molar-refractivity contribution in [1.29, 1.82) is 0 Å². The summed E-state index contributed by atoms with van der Waals surface area (Å²) >= 11 is 0. The van der Waals surface area contributed by atoms with Gasteiger partial charge in [0.25, 0.3) is 5.91 Å². The first-order valence-corrected chi connectivity index (χ1v) is 8.42. The lowest BCUT2D eigenvalue weighted by Gasteiger charge is -2.16. The van der Waals surface area contributed by atoms with Crippen LogP contribution in [0.15, 0.2) is 36.4 Å². The van der Waals surface area contributed by atoms with E-state index >= 15 is 0 Å². The van der Waals surface area contributed by atoms with Crippen molar-refractivity contribution >= 4 is 17.6 Å². The molecular formula is C21H25NO3. The fourth-order valence-corrected chi connectivity index (χ4v) is 2.82. The highest BCUT2D eigenvalue weighted by Gasteiger charge is 2.14. The van der Waals surface area contributed by atoms with Crippen LogP contribution in [0.2, 0.25) is 0 Å². The molecule has 2 aromatic carbocycles. The van der Waals surface area contributed by atoms with Gasteiger partial charge in [0.2, 0.25) is 0 Å². The summed E-state index contributed by atoms with van der Waals surface area (Å²) in [5.74, 6) is -0.544. The molecule has 25 heavy (non-hydrogen) atoms. The number of anilines is 1. The van der Waals surface area contributed by atoms with E-state index in [9.17, 15) is 9.59 Å². The van der Waals surface area contributed by atoms with E-state index in [1.807, 2.05) is 45.0 Å². The van der Waals surface area contributed by atoms with Crippen LogP contribution in [0.4, 0.5) is 5.69 Å². The second-order valence-electron chi connectivity index (χ2n) is 6.69. The van der Waals surface area contributed by atoms with Gasteiger partial charge in [-0.2, -0.15) is 0 Å². The molecule has 0 aromatic heterocycles. The average Bonchev–Trinajstić information content (AvgIpc) is 2.53. The molecule has 0 saturated carbocycles. The number of carbonyl (C=O) groups is 2. The number of para-hydroxylation sites is 1. The summed E-state index contributed by atoms with van der Waals surface area (Å²) in [6.45, 7) is 9.62. The zero-order chi connectivity index (χ0) is 18.6. The maximum Gasteiger partial charge on any atom is 0.338 e. The molecule has 1 amide bonds. The minimum absolute atomic E-state index is 0.285. The Balaban J connectivity index is 2.03. The molecule has 0 aliphatic heterocycles. The first-order chi connectivity index (χ1) is 11.8. The van der Waals surface area contributed by atoms with Crippen LogP contribution in [0.5, 0.6) is 0 Å². The molecule has 2 aromatic rings. The van der Waals surface area contributed by atoms with E-state index in [-0.39, 0.29) is 18.4 Å². The highest BCUT2D eigenvalue weighted by Crippen LogP contribution is 2.27. The van der Waals surface area contributed by atoms with Crippen molar-refractivity contribution in [2.24, 2.45) is 0 Å². The van der Waals surface area contributed by atoms with Crippen molar-refractivity contribution in [2.75, 3.05) is 11.9 Å². The van der Waals surface area contributed by atoms with Gasteiger partial charge < -0.3 is 10.1 Å². The summed E-state index contributed by atoms with van der Waals surface area (Å²) in [6, 6.07) is 11.4. The van der Waals surface area contributed by atoms with Gasteiger partial charge in [-0.1, -0.05) is 49.2 Å². The molecule has 4 nitrogen and oxygen atoms in total. The van der Waals surface area contributed by atoms with Crippen molar-refractivity contribution in [3.05, 3.63) is 64.2 Å². The monoisotopic (exact) mass is 339 g/mol. The molecule has 0 fully saturated rings. The second kappa shape index (κ2) is 7.97. The van der Waals surface area contributed by atoms with Gasteiger partial charge in [0.05, 0.1) is 5.56 Å². The van der Waals surface area contributed by atoms with Gasteiger partial charge in [0.15, 0.2) is 6.61 Å². The van der Waals surface area contributed by atoms with Gasteiger partial charge in [0, 0.05) is 5.69 Å².